The summed E-state index contributed by atoms with van der Waals surface area (Å²) >= 11 is 7.50. The quantitative estimate of drug-likeness (QED) is 0.795. The number of nitrogens with one attached hydrogen (secondary N) is 1. The normalized spacial score (nSPS) is 18.5. The lowest BCUT2D eigenvalue weighted by Crippen LogP contribution is -2.48. The zero-order valence-electron chi connectivity index (χ0n) is 12.8. The van der Waals surface area contributed by atoms with E-state index in [0.29, 0.717) is 24.4 Å². The Kier molecular flexibility index (Phi) is 8.19. The molecule has 1 saturated heterocycles. The van der Waals surface area contributed by atoms with Crippen LogP contribution in [-0.4, -0.2) is 42.5 Å². The molecule has 1 aromatic rings. The molecule has 5 nitrogen and oxygen atoms in total. The number of hydrogen-bond acceptors (Lipinski definition) is 4. The number of halogens is 2. The van der Waals surface area contributed by atoms with E-state index in [1.807, 2.05) is 6.26 Å². The van der Waals surface area contributed by atoms with E-state index in [1.165, 1.54) is 0 Å². The molecule has 0 bridgehead atoms. The van der Waals surface area contributed by atoms with Crippen LogP contribution in [0.4, 0.5) is 5.69 Å². The Bertz CT molecular complexity index is 542. The van der Waals surface area contributed by atoms with Crippen LogP contribution >= 0.6 is 35.8 Å². The number of rotatable bonds is 6. The third-order valence-corrected chi connectivity index (χ3v) is 4.53. The molecule has 2 rings (SSSR count). The Morgan fingerprint density at radius 1 is 1.48 bits per heavy atom. The molecule has 1 aliphatic heterocycles. The van der Waals surface area contributed by atoms with Crippen molar-refractivity contribution in [3.05, 3.63) is 29.3 Å². The summed E-state index contributed by atoms with van der Waals surface area (Å²) in [5.74, 6) is 0.461. The third kappa shape index (κ3) is 5.28. The summed E-state index contributed by atoms with van der Waals surface area (Å²) in [4.78, 5) is 26.1. The highest BCUT2D eigenvalue weighted by Gasteiger charge is 2.34. The number of thioether (sulfide) groups is 1. The first-order chi connectivity index (χ1) is 10.5. The SMILES string of the molecule is CSCC[C@H](N)C(=O)NC1CCN(c2ccc(Cl)cc2)C1=O.Cl. The maximum Gasteiger partial charge on any atom is 0.249 e. The van der Waals surface area contributed by atoms with Crippen molar-refractivity contribution in [1.82, 2.24) is 5.32 Å². The number of hydrogen-bond donors (Lipinski definition) is 2. The summed E-state index contributed by atoms with van der Waals surface area (Å²) in [6.45, 7) is 0.575. The van der Waals surface area contributed by atoms with Crippen molar-refractivity contribution in [2.24, 2.45) is 5.73 Å². The molecule has 0 aliphatic carbocycles. The van der Waals surface area contributed by atoms with Crippen molar-refractivity contribution in [3.63, 3.8) is 0 Å². The van der Waals surface area contributed by atoms with Crippen LogP contribution in [0.2, 0.25) is 5.02 Å². The molecule has 0 aromatic heterocycles. The van der Waals surface area contributed by atoms with Gasteiger partial charge in [0.15, 0.2) is 0 Å². The van der Waals surface area contributed by atoms with Gasteiger partial charge in [0, 0.05) is 17.3 Å². The van der Waals surface area contributed by atoms with E-state index in [-0.39, 0.29) is 24.2 Å². The average molecular weight is 378 g/mol. The standard InChI is InChI=1S/C15H20ClN3O2S.ClH/c1-22-9-7-12(17)14(20)18-13-6-8-19(15(13)21)11-4-2-10(16)3-5-11;/h2-5,12-13H,6-9,17H2,1H3,(H,18,20);1H/t12-,13?;/m0./s1. The second-order valence-corrected chi connectivity index (χ2v) is 6.63. The molecule has 0 saturated carbocycles. The van der Waals surface area contributed by atoms with Gasteiger partial charge in [0.05, 0.1) is 6.04 Å². The van der Waals surface area contributed by atoms with Gasteiger partial charge >= 0.3 is 0 Å². The van der Waals surface area contributed by atoms with E-state index in [1.54, 1.807) is 40.9 Å². The Hall–Kier alpha value is -0.950. The van der Waals surface area contributed by atoms with Crippen LogP contribution in [0.5, 0.6) is 0 Å². The molecule has 3 N–H and O–H groups in total. The van der Waals surface area contributed by atoms with Gasteiger partial charge in [-0.2, -0.15) is 11.8 Å². The summed E-state index contributed by atoms with van der Waals surface area (Å²) in [6.07, 6.45) is 3.16. The van der Waals surface area contributed by atoms with Crippen LogP contribution in [0.1, 0.15) is 12.8 Å². The molecule has 2 amide bonds. The van der Waals surface area contributed by atoms with Gasteiger partial charge in [-0.3, -0.25) is 9.59 Å². The third-order valence-electron chi connectivity index (χ3n) is 3.63. The van der Waals surface area contributed by atoms with Gasteiger partial charge in [-0.05, 0) is 49.1 Å². The molecular formula is C15H21Cl2N3O2S. The van der Waals surface area contributed by atoms with Gasteiger partial charge < -0.3 is 16.0 Å². The summed E-state index contributed by atoms with van der Waals surface area (Å²) in [7, 11) is 0. The van der Waals surface area contributed by atoms with E-state index in [0.717, 1.165) is 11.4 Å². The van der Waals surface area contributed by atoms with E-state index in [9.17, 15) is 9.59 Å². The molecule has 1 heterocycles. The van der Waals surface area contributed by atoms with Crippen molar-refractivity contribution < 1.29 is 9.59 Å². The first-order valence-corrected chi connectivity index (χ1v) is 8.92. The van der Waals surface area contributed by atoms with Gasteiger partial charge in [-0.25, -0.2) is 0 Å². The maximum atomic E-state index is 12.4. The van der Waals surface area contributed by atoms with Crippen molar-refractivity contribution in [2.75, 3.05) is 23.5 Å². The Balaban J connectivity index is 0.00000264. The number of carbonyl (C=O) groups is 2. The van der Waals surface area contributed by atoms with E-state index >= 15 is 0 Å². The Morgan fingerprint density at radius 3 is 2.74 bits per heavy atom. The van der Waals surface area contributed by atoms with E-state index < -0.39 is 12.1 Å². The number of nitrogens with zero attached hydrogens (tertiary/aromatic N) is 1. The van der Waals surface area contributed by atoms with Gasteiger partial charge in [-0.1, -0.05) is 11.6 Å². The topological polar surface area (TPSA) is 75.4 Å². The predicted octanol–water partition coefficient (Wildman–Crippen LogP) is 2.06. The van der Waals surface area contributed by atoms with Gasteiger partial charge in [0.25, 0.3) is 0 Å². The molecule has 23 heavy (non-hydrogen) atoms. The summed E-state index contributed by atoms with van der Waals surface area (Å²) in [5.41, 5.74) is 6.61. The molecule has 128 valence electrons. The number of benzene rings is 1. The second kappa shape index (κ2) is 9.37. The van der Waals surface area contributed by atoms with Crippen LogP contribution in [0.25, 0.3) is 0 Å². The minimum Gasteiger partial charge on any atom is -0.343 e. The number of anilines is 1. The van der Waals surface area contributed by atoms with E-state index in [2.05, 4.69) is 5.32 Å². The first-order valence-electron chi connectivity index (χ1n) is 7.14. The Morgan fingerprint density at radius 2 is 2.13 bits per heavy atom. The molecular weight excluding hydrogens is 357 g/mol. The lowest BCUT2D eigenvalue weighted by molar-refractivity contribution is -0.127. The summed E-state index contributed by atoms with van der Waals surface area (Å²) < 4.78 is 0. The fourth-order valence-corrected chi connectivity index (χ4v) is 2.96. The van der Waals surface area contributed by atoms with Crippen molar-refractivity contribution in [3.8, 4) is 0 Å². The molecule has 8 heteroatoms. The monoisotopic (exact) mass is 377 g/mol. The molecule has 2 atom stereocenters. The smallest absolute Gasteiger partial charge is 0.249 e. The van der Waals surface area contributed by atoms with Gasteiger partial charge in [0.1, 0.15) is 6.04 Å². The molecule has 1 unspecified atom stereocenters. The highest BCUT2D eigenvalue weighted by atomic mass is 35.5. The van der Waals surface area contributed by atoms with Crippen LogP contribution in [0, 0.1) is 0 Å². The minimum absolute atomic E-state index is 0. The largest absolute Gasteiger partial charge is 0.343 e. The van der Waals surface area contributed by atoms with Crippen molar-refractivity contribution >= 4 is 53.3 Å². The zero-order valence-corrected chi connectivity index (χ0v) is 15.2. The average Bonchev–Trinajstić information content (AvgIpc) is 2.86. The Labute approximate surface area is 151 Å². The van der Waals surface area contributed by atoms with Crippen LogP contribution < -0.4 is 16.0 Å². The number of carbonyl (C=O) groups excluding carboxylic acids is 2. The maximum absolute atomic E-state index is 12.4. The zero-order chi connectivity index (χ0) is 16.1. The second-order valence-electron chi connectivity index (χ2n) is 5.20. The molecule has 1 aliphatic rings. The fraction of sp³-hybridized carbons (Fsp3) is 0.467. The number of amides is 2. The van der Waals surface area contributed by atoms with Crippen LogP contribution in [-0.2, 0) is 9.59 Å². The first kappa shape index (κ1) is 20.1. The fourth-order valence-electron chi connectivity index (χ4n) is 2.35. The lowest BCUT2D eigenvalue weighted by atomic mass is 10.2. The summed E-state index contributed by atoms with van der Waals surface area (Å²) in [6, 6.07) is 6.03. The van der Waals surface area contributed by atoms with Gasteiger partial charge in [0.2, 0.25) is 11.8 Å². The molecule has 0 spiro atoms. The highest BCUT2D eigenvalue weighted by Crippen LogP contribution is 2.23. The van der Waals surface area contributed by atoms with Crippen LogP contribution in [0.15, 0.2) is 24.3 Å². The van der Waals surface area contributed by atoms with Crippen molar-refractivity contribution in [2.45, 2.75) is 24.9 Å². The molecule has 0 radical (unpaired) electrons. The van der Waals surface area contributed by atoms with Crippen LogP contribution in [0.3, 0.4) is 0 Å². The molecule has 1 aromatic carbocycles. The molecule has 1 fully saturated rings. The van der Waals surface area contributed by atoms with E-state index in [4.69, 9.17) is 17.3 Å². The highest BCUT2D eigenvalue weighted by molar-refractivity contribution is 7.98. The number of nitrogens with two attached hydrogens (primary N) is 1. The van der Waals surface area contributed by atoms with Gasteiger partial charge in [-0.15, -0.1) is 12.4 Å². The predicted molar refractivity (Wildman–Crippen MR) is 98.6 cm³/mol. The lowest BCUT2D eigenvalue weighted by Gasteiger charge is -2.18. The minimum atomic E-state index is -0.565. The van der Waals surface area contributed by atoms with Crippen molar-refractivity contribution in [1.29, 1.82) is 0 Å². The summed E-state index contributed by atoms with van der Waals surface area (Å²) in [5, 5.41) is 3.38.